The summed E-state index contributed by atoms with van der Waals surface area (Å²) in [6, 6.07) is 9.45. The first kappa shape index (κ1) is 18.8. The van der Waals surface area contributed by atoms with Crippen molar-refractivity contribution in [3.8, 4) is 0 Å². The average molecular weight is 345 g/mol. The Morgan fingerprint density at radius 2 is 2.05 bits per heavy atom. The fraction of sp³-hybridized carbons (Fsp3) is 0.467. The molecule has 0 spiro atoms. The number of carbonyl (C=O) groups is 2. The van der Waals surface area contributed by atoms with Crippen LogP contribution in [0.25, 0.3) is 0 Å². The van der Waals surface area contributed by atoms with Crippen molar-refractivity contribution in [3.05, 3.63) is 35.9 Å². The number of rotatable bonds is 10. The van der Waals surface area contributed by atoms with Gasteiger partial charge in [-0.3, -0.25) is 9.59 Å². The highest BCUT2D eigenvalue weighted by Crippen LogP contribution is 2.13. The summed E-state index contributed by atoms with van der Waals surface area (Å²) in [6.45, 7) is 2.19. The van der Waals surface area contributed by atoms with Gasteiger partial charge in [-0.1, -0.05) is 30.3 Å². The maximum absolute atomic E-state index is 11.9. The van der Waals surface area contributed by atoms with Crippen LogP contribution in [0, 0.1) is 0 Å². The topological polar surface area (TPSA) is 81.4 Å². The molecule has 1 aromatic rings. The van der Waals surface area contributed by atoms with Gasteiger partial charge in [0.1, 0.15) is 11.4 Å². The number of benzene rings is 1. The summed E-state index contributed by atoms with van der Waals surface area (Å²) in [4.78, 5) is 22.8. The van der Waals surface area contributed by atoms with Crippen molar-refractivity contribution in [2.75, 3.05) is 18.9 Å². The summed E-state index contributed by atoms with van der Waals surface area (Å²) in [7, 11) is 0. The van der Waals surface area contributed by atoms with E-state index in [4.69, 9.17) is 22.1 Å². The number of hydrogen-bond donors (Lipinski definition) is 2. The molecule has 2 atom stereocenters. The molecule has 0 saturated heterocycles. The SMILES string of the molecule is CCOC(=O)C(CSCc1ccccc1)NCC(Cl)C(N)=O. The van der Waals surface area contributed by atoms with E-state index in [1.807, 2.05) is 30.3 Å². The van der Waals surface area contributed by atoms with Crippen LogP contribution in [0.4, 0.5) is 0 Å². The van der Waals surface area contributed by atoms with Crippen LogP contribution >= 0.6 is 23.4 Å². The van der Waals surface area contributed by atoms with Crippen molar-refractivity contribution in [2.24, 2.45) is 5.73 Å². The van der Waals surface area contributed by atoms with Crippen LogP contribution in [0.2, 0.25) is 0 Å². The van der Waals surface area contributed by atoms with E-state index >= 15 is 0 Å². The van der Waals surface area contributed by atoms with Crippen molar-refractivity contribution >= 4 is 35.2 Å². The first-order valence-electron chi connectivity index (χ1n) is 6.99. The van der Waals surface area contributed by atoms with Crippen molar-refractivity contribution in [2.45, 2.75) is 24.1 Å². The number of nitrogens with one attached hydrogen (secondary N) is 1. The van der Waals surface area contributed by atoms with Crippen molar-refractivity contribution in [1.82, 2.24) is 5.32 Å². The first-order valence-corrected chi connectivity index (χ1v) is 8.58. The van der Waals surface area contributed by atoms with Gasteiger partial charge >= 0.3 is 5.97 Å². The number of esters is 1. The quantitative estimate of drug-likeness (QED) is 0.497. The second-order valence-corrected chi connectivity index (χ2v) is 6.14. The largest absolute Gasteiger partial charge is 0.465 e. The zero-order chi connectivity index (χ0) is 16.4. The van der Waals surface area contributed by atoms with Gasteiger partial charge in [-0.25, -0.2) is 0 Å². The highest BCUT2D eigenvalue weighted by molar-refractivity contribution is 7.98. The third-order valence-electron chi connectivity index (χ3n) is 2.82. The van der Waals surface area contributed by atoms with E-state index in [2.05, 4.69) is 5.32 Å². The lowest BCUT2D eigenvalue weighted by Crippen LogP contribution is -2.45. The van der Waals surface area contributed by atoms with E-state index in [1.165, 1.54) is 5.56 Å². The highest BCUT2D eigenvalue weighted by atomic mass is 35.5. The standard InChI is InChI=1S/C15H21ClN2O3S/c1-2-21-15(20)13(18-8-12(16)14(17)19)10-22-9-11-6-4-3-5-7-11/h3-7,12-13,18H,2,8-10H2,1H3,(H2,17,19). The van der Waals surface area contributed by atoms with Crippen LogP contribution in [0.3, 0.4) is 0 Å². The predicted molar refractivity (Wildman–Crippen MR) is 89.9 cm³/mol. The lowest BCUT2D eigenvalue weighted by Gasteiger charge is -2.18. The van der Waals surface area contributed by atoms with Crippen LogP contribution in [0.1, 0.15) is 12.5 Å². The molecule has 1 aromatic carbocycles. The van der Waals surface area contributed by atoms with Crippen LogP contribution in [-0.2, 0) is 20.1 Å². The smallest absolute Gasteiger partial charge is 0.323 e. The third kappa shape index (κ3) is 7.15. The number of alkyl halides is 1. The number of primary amides is 1. The molecular weight excluding hydrogens is 324 g/mol. The van der Waals surface area contributed by atoms with Crippen LogP contribution in [0.15, 0.2) is 30.3 Å². The molecule has 0 aliphatic heterocycles. The number of halogens is 1. The van der Waals surface area contributed by atoms with Gasteiger partial charge in [-0.2, -0.15) is 11.8 Å². The Hall–Kier alpha value is -1.24. The average Bonchev–Trinajstić information content (AvgIpc) is 2.51. The van der Waals surface area contributed by atoms with Crippen LogP contribution in [0.5, 0.6) is 0 Å². The molecule has 0 saturated carbocycles. The fourth-order valence-corrected chi connectivity index (χ4v) is 2.79. The molecule has 0 fully saturated rings. The van der Waals surface area contributed by atoms with Crippen molar-refractivity contribution < 1.29 is 14.3 Å². The maximum atomic E-state index is 11.9. The molecule has 1 amide bonds. The second kappa shape index (κ2) is 10.5. The third-order valence-corrected chi connectivity index (χ3v) is 4.30. The molecular formula is C15H21ClN2O3S. The normalized spacial score (nSPS) is 13.4. The lowest BCUT2D eigenvalue weighted by atomic mass is 10.2. The van der Waals surface area contributed by atoms with Crippen LogP contribution < -0.4 is 11.1 Å². The van der Waals surface area contributed by atoms with Gasteiger partial charge in [-0.15, -0.1) is 11.6 Å². The summed E-state index contributed by atoms with van der Waals surface area (Å²) < 4.78 is 5.03. The Bertz CT molecular complexity index is 473. The highest BCUT2D eigenvalue weighted by Gasteiger charge is 2.21. The number of amides is 1. The Labute approximate surface area is 139 Å². The van der Waals surface area contributed by atoms with Gasteiger partial charge in [0.15, 0.2) is 0 Å². The molecule has 0 aromatic heterocycles. The van der Waals surface area contributed by atoms with E-state index in [1.54, 1.807) is 18.7 Å². The minimum Gasteiger partial charge on any atom is -0.465 e. The summed E-state index contributed by atoms with van der Waals surface area (Å²) in [5, 5.41) is 2.09. The molecule has 0 aliphatic carbocycles. The van der Waals surface area contributed by atoms with Gasteiger partial charge in [0.25, 0.3) is 0 Å². The van der Waals surface area contributed by atoms with E-state index in [0.29, 0.717) is 12.4 Å². The first-order chi connectivity index (χ1) is 10.5. The molecule has 1 rings (SSSR count). The Balaban J connectivity index is 2.47. The zero-order valence-corrected chi connectivity index (χ0v) is 14.0. The van der Waals surface area contributed by atoms with Gasteiger partial charge in [0.2, 0.25) is 5.91 Å². The number of ether oxygens (including phenoxy) is 1. The molecule has 122 valence electrons. The number of nitrogens with two attached hydrogens (primary N) is 1. The summed E-state index contributed by atoms with van der Waals surface area (Å²) in [6.07, 6.45) is 0. The summed E-state index contributed by atoms with van der Waals surface area (Å²) in [5.74, 6) is 0.347. The second-order valence-electron chi connectivity index (χ2n) is 4.58. The van der Waals surface area contributed by atoms with Crippen molar-refractivity contribution in [3.63, 3.8) is 0 Å². The Morgan fingerprint density at radius 3 is 2.64 bits per heavy atom. The molecule has 2 unspecified atom stereocenters. The number of hydrogen-bond acceptors (Lipinski definition) is 5. The lowest BCUT2D eigenvalue weighted by molar-refractivity contribution is -0.145. The zero-order valence-electron chi connectivity index (χ0n) is 12.5. The molecule has 0 heterocycles. The molecule has 0 bridgehead atoms. The number of carbonyl (C=O) groups excluding carboxylic acids is 2. The van der Waals surface area contributed by atoms with Crippen molar-refractivity contribution in [1.29, 1.82) is 0 Å². The molecule has 5 nitrogen and oxygen atoms in total. The monoisotopic (exact) mass is 344 g/mol. The van der Waals surface area contributed by atoms with E-state index in [0.717, 1.165) is 5.75 Å². The summed E-state index contributed by atoms with van der Waals surface area (Å²) >= 11 is 7.38. The Morgan fingerprint density at radius 1 is 1.36 bits per heavy atom. The van der Waals surface area contributed by atoms with Crippen LogP contribution in [-0.4, -0.2) is 42.2 Å². The van der Waals surface area contributed by atoms with Gasteiger partial charge < -0.3 is 15.8 Å². The maximum Gasteiger partial charge on any atom is 0.323 e. The minimum atomic E-state index is -0.851. The van der Waals surface area contributed by atoms with Gasteiger partial charge in [-0.05, 0) is 12.5 Å². The molecule has 0 aliphatic rings. The molecule has 7 heteroatoms. The fourth-order valence-electron chi connectivity index (χ4n) is 1.67. The predicted octanol–water partition coefficient (Wildman–Crippen LogP) is 1.53. The summed E-state index contributed by atoms with van der Waals surface area (Å²) in [5.41, 5.74) is 6.28. The van der Waals surface area contributed by atoms with Gasteiger partial charge in [0.05, 0.1) is 6.61 Å². The molecule has 3 N–H and O–H groups in total. The molecule has 0 radical (unpaired) electrons. The van der Waals surface area contributed by atoms with Gasteiger partial charge in [0, 0.05) is 18.1 Å². The Kier molecular flexibility index (Phi) is 8.96. The number of thioether (sulfide) groups is 1. The minimum absolute atomic E-state index is 0.131. The molecule has 22 heavy (non-hydrogen) atoms. The van der Waals surface area contributed by atoms with E-state index in [-0.39, 0.29) is 12.5 Å². The van der Waals surface area contributed by atoms with E-state index < -0.39 is 17.3 Å². The van der Waals surface area contributed by atoms with E-state index in [9.17, 15) is 9.59 Å².